The van der Waals surface area contributed by atoms with Crippen molar-refractivity contribution in [3.63, 3.8) is 0 Å². The van der Waals surface area contributed by atoms with Crippen molar-refractivity contribution >= 4 is 44.7 Å². The summed E-state index contributed by atoms with van der Waals surface area (Å²) in [4.78, 5) is 25.5. The van der Waals surface area contributed by atoms with Gasteiger partial charge in [0, 0.05) is 17.2 Å². The van der Waals surface area contributed by atoms with Crippen LogP contribution in [-0.4, -0.2) is 14.5 Å². The second-order valence-corrected chi connectivity index (χ2v) is 9.67. The summed E-state index contributed by atoms with van der Waals surface area (Å²) in [7, 11) is 0. The Kier molecular flexibility index (Phi) is 5.70. The molecule has 0 aliphatic rings. The van der Waals surface area contributed by atoms with Crippen molar-refractivity contribution in [3.8, 4) is 10.8 Å². The van der Waals surface area contributed by atoms with Crippen LogP contribution in [-0.2, 0) is 12.3 Å². The number of rotatable bonds is 7. The fourth-order valence-electron chi connectivity index (χ4n) is 2.96. The van der Waals surface area contributed by atoms with Crippen LogP contribution in [0, 0.1) is 13.8 Å². The Morgan fingerprint density at radius 3 is 2.89 bits per heavy atom. The number of aryl methyl sites for hydroxylation is 2. The predicted molar refractivity (Wildman–Crippen MR) is 118 cm³/mol. The molecule has 0 bridgehead atoms. The van der Waals surface area contributed by atoms with E-state index < -0.39 is 0 Å². The van der Waals surface area contributed by atoms with E-state index in [4.69, 9.17) is 9.40 Å². The van der Waals surface area contributed by atoms with Crippen LogP contribution in [0.3, 0.4) is 0 Å². The van der Waals surface area contributed by atoms with Gasteiger partial charge in [0.05, 0.1) is 16.0 Å². The zero-order valence-electron chi connectivity index (χ0n) is 16.0. The van der Waals surface area contributed by atoms with Crippen LogP contribution in [0.15, 0.2) is 38.1 Å². The summed E-state index contributed by atoms with van der Waals surface area (Å²) in [6.45, 7) is 6.88. The lowest BCUT2D eigenvalue weighted by Crippen LogP contribution is -2.23. The SMILES string of the molecule is CCCCn1c(SCc2coc(-c3cccs3)n2)nc2sc(C)c(C)c2c1=O. The first kappa shape index (κ1) is 19.4. The maximum Gasteiger partial charge on any atom is 0.263 e. The van der Waals surface area contributed by atoms with E-state index in [-0.39, 0.29) is 5.56 Å². The molecule has 4 aromatic heterocycles. The molecule has 0 spiro atoms. The molecule has 5 nitrogen and oxygen atoms in total. The van der Waals surface area contributed by atoms with Crippen LogP contribution in [0.25, 0.3) is 21.0 Å². The lowest BCUT2D eigenvalue weighted by molar-refractivity contribution is 0.558. The van der Waals surface area contributed by atoms with Crippen molar-refractivity contribution in [2.75, 3.05) is 0 Å². The molecule has 146 valence electrons. The average molecular weight is 432 g/mol. The summed E-state index contributed by atoms with van der Waals surface area (Å²) in [5.41, 5.74) is 1.97. The van der Waals surface area contributed by atoms with Gasteiger partial charge in [-0.2, -0.15) is 0 Å². The average Bonchev–Trinajstić information content (AvgIpc) is 3.41. The van der Waals surface area contributed by atoms with E-state index >= 15 is 0 Å². The Hall–Kier alpha value is -1.90. The zero-order chi connectivity index (χ0) is 19.7. The zero-order valence-corrected chi connectivity index (χ0v) is 18.5. The smallest absolute Gasteiger partial charge is 0.263 e. The number of thioether (sulfide) groups is 1. The Morgan fingerprint density at radius 2 is 2.14 bits per heavy atom. The highest BCUT2D eigenvalue weighted by Crippen LogP contribution is 2.30. The summed E-state index contributed by atoms with van der Waals surface area (Å²) in [5.74, 6) is 1.25. The van der Waals surface area contributed by atoms with Gasteiger partial charge in [0.2, 0.25) is 5.89 Å². The van der Waals surface area contributed by atoms with Crippen molar-refractivity contribution in [2.24, 2.45) is 0 Å². The standard InChI is InChI=1S/C20H21N3O2S3/c1-4-5-8-23-19(24)16-12(2)13(3)28-18(16)22-20(23)27-11-14-10-25-17(21-14)15-7-6-9-26-15/h6-7,9-10H,4-5,8,11H2,1-3H3. The molecule has 8 heteroatoms. The highest BCUT2D eigenvalue weighted by atomic mass is 32.2. The van der Waals surface area contributed by atoms with Gasteiger partial charge in [-0.25, -0.2) is 9.97 Å². The molecule has 28 heavy (non-hydrogen) atoms. The third kappa shape index (κ3) is 3.68. The molecule has 0 aliphatic carbocycles. The lowest BCUT2D eigenvalue weighted by Gasteiger charge is -2.11. The van der Waals surface area contributed by atoms with Gasteiger partial charge in [-0.1, -0.05) is 31.2 Å². The summed E-state index contributed by atoms with van der Waals surface area (Å²) in [5, 5.41) is 3.53. The van der Waals surface area contributed by atoms with Crippen molar-refractivity contribution in [1.29, 1.82) is 0 Å². The fourth-order valence-corrected chi connectivity index (χ4v) is 5.59. The Balaban J connectivity index is 1.64. The van der Waals surface area contributed by atoms with Gasteiger partial charge in [-0.15, -0.1) is 22.7 Å². The molecular formula is C20H21N3O2S3. The van der Waals surface area contributed by atoms with Gasteiger partial charge in [0.25, 0.3) is 5.56 Å². The minimum atomic E-state index is 0.0715. The Labute approximate surface area is 175 Å². The first-order valence-electron chi connectivity index (χ1n) is 9.20. The van der Waals surface area contributed by atoms with E-state index in [2.05, 4.69) is 11.9 Å². The molecule has 4 aromatic rings. The Morgan fingerprint density at radius 1 is 1.29 bits per heavy atom. The first-order valence-corrected chi connectivity index (χ1v) is 11.9. The molecule has 0 fully saturated rings. The number of aromatic nitrogens is 3. The van der Waals surface area contributed by atoms with Gasteiger partial charge < -0.3 is 4.42 Å². The number of hydrogen-bond acceptors (Lipinski definition) is 7. The third-order valence-corrected chi connectivity index (χ3v) is 7.59. The van der Waals surface area contributed by atoms with Crippen LogP contribution in [0.4, 0.5) is 0 Å². The molecule has 0 unspecified atom stereocenters. The van der Waals surface area contributed by atoms with E-state index in [1.807, 2.05) is 35.9 Å². The van der Waals surface area contributed by atoms with Gasteiger partial charge >= 0.3 is 0 Å². The topological polar surface area (TPSA) is 60.9 Å². The van der Waals surface area contributed by atoms with Gasteiger partial charge in [0.15, 0.2) is 5.16 Å². The highest BCUT2D eigenvalue weighted by molar-refractivity contribution is 7.98. The van der Waals surface area contributed by atoms with Crippen molar-refractivity contribution in [1.82, 2.24) is 14.5 Å². The van der Waals surface area contributed by atoms with Gasteiger partial charge in [-0.05, 0) is 37.3 Å². The normalized spacial score (nSPS) is 11.5. The summed E-state index contributed by atoms with van der Waals surface area (Å²) < 4.78 is 7.43. The van der Waals surface area contributed by atoms with Crippen molar-refractivity contribution in [3.05, 3.63) is 50.3 Å². The van der Waals surface area contributed by atoms with E-state index in [1.165, 1.54) is 0 Å². The highest BCUT2D eigenvalue weighted by Gasteiger charge is 2.17. The lowest BCUT2D eigenvalue weighted by atomic mass is 10.2. The molecule has 0 N–H and O–H groups in total. The monoisotopic (exact) mass is 431 g/mol. The first-order chi connectivity index (χ1) is 13.6. The maximum absolute atomic E-state index is 13.1. The second kappa shape index (κ2) is 8.23. The molecule has 0 aliphatic heterocycles. The van der Waals surface area contributed by atoms with Crippen molar-refractivity contribution < 1.29 is 4.42 Å². The Bertz CT molecular complexity index is 1160. The minimum absolute atomic E-state index is 0.0715. The van der Waals surface area contributed by atoms with Gasteiger partial charge in [-0.3, -0.25) is 9.36 Å². The predicted octanol–water partition coefficient (Wildman–Crippen LogP) is 5.88. The van der Waals surface area contributed by atoms with E-state index in [9.17, 15) is 4.79 Å². The molecule has 0 radical (unpaired) electrons. The molecule has 0 saturated heterocycles. The van der Waals surface area contributed by atoms with Crippen LogP contribution in [0.5, 0.6) is 0 Å². The maximum atomic E-state index is 13.1. The molecule has 0 amide bonds. The fraction of sp³-hybridized carbons (Fsp3) is 0.350. The summed E-state index contributed by atoms with van der Waals surface area (Å²) in [6.07, 6.45) is 3.67. The molecule has 0 aromatic carbocycles. The molecule has 4 rings (SSSR count). The molecular weight excluding hydrogens is 410 g/mol. The number of oxazole rings is 1. The van der Waals surface area contributed by atoms with Crippen LogP contribution < -0.4 is 5.56 Å². The van der Waals surface area contributed by atoms with E-state index in [0.717, 1.165) is 49.2 Å². The number of thiophene rings is 2. The van der Waals surface area contributed by atoms with E-state index in [0.29, 0.717) is 18.2 Å². The van der Waals surface area contributed by atoms with Crippen molar-refractivity contribution in [2.45, 2.75) is 51.1 Å². The summed E-state index contributed by atoms with van der Waals surface area (Å²) >= 11 is 4.74. The van der Waals surface area contributed by atoms with E-state index in [1.54, 1.807) is 40.7 Å². The van der Waals surface area contributed by atoms with Crippen LogP contribution >= 0.6 is 34.4 Å². The number of hydrogen-bond donors (Lipinski definition) is 0. The number of fused-ring (bicyclic) bond motifs is 1. The third-order valence-electron chi connectivity index (χ3n) is 4.62. The quantitative estimate of drug-likeness (QED) is 0.270. The van der Waals surface area contributed by atoms with Crippen LogP contribution in [0.2, 0.25) is 0 Å². The largest absolute Gasteiger partial charge is 0.444 e. The molecule has 4 heterocycles. The molecule has 0 saturated carbocycles. The second-order valence-electron chi connectivity index (χ2n) is 6.58. The van der Waals surface area contributed by atoms with Crippen LogP contribution in [0.1, 0.15) is 35.9 Å². The van der Waals surface area contributed by atoms with Gasteiger partial charge in [0.1, 0.15) is 11.1 Å². The minimum Gasteiger partial charge on any atom is -0.444 e. The number of nitrogens with zero attached hydrogens (tertiary/aromatic N) is 3. The summed E-state index contributed by atoms with van der Waals surface area (Å²) in [6, 6.07) is 3.97. The number of unbranched alkanes of at least 4 members (excludes halogenated alkanes) is 1. The molecule has 0 atom stereocenters.